The third-order valence-electron chi connectivity index (χ3n) is 3.61. The number of hydrogen-bond donors (Lipinski definition) is 0. The number of ketones is 1. The molecule has 0 fully saturated rings. The Morgan fingerprint density at radius 2 is 1.91 bits per heavy atom. The van der Waals surface area contributed by atoms with Crippen LogP contribution >= 0.6 is 0 Å². The third kappa shape index (κ3) is 2.24. The minimum absolute atomic E-state index is 0.194. The van der Waals surface area contributed by atoms with E-state index in [4.69, 9.17) is 14.2 Å². The molecule has 0 saturated carbocycles. The van der Waals surface area contributed by atoms with Crippen molar-refractivity contribution in [2.45, 2.75) is 13.8 Å². The number of Topliss-reactive ketones (excluding diaryl/α,β-unsaturated/α-hetero) is 1. The number of carbonyl (C=O) groups excluding carboxylic acids is 1. The molecule has 3 rings (SSSR count). The lowest BCUT2D eigenvalue weighted by atomic mass is 10.1. The zero-order valence-corrected chi connectivity index (χ0v) is 13.0. The summed E-state index contributed by atoms with van der Waals surface area (Å²) in [5, 5.41) is 0. The summed E-state index contributed by atoms with van der Waals surface area (Å²) in [6, 6.07) is 5.39. The SMILES string of the molecule is COc1cc(OC)c2c(c1)O/C(=C\n1cc(C)cc1C)C2=O. The number of carbonyl (C=O) groups is 1. The second-order valence-electron chi connectivity index (χ2n) is 5.19. The average molecular weight is 299 g/mol. The summed E-state index contributed by atoms with van der Waals surface area (Å²) in [7, 11) is 3.07. The molecule has 0 saturated heterocycles. The van der Waals surface area contributed by atoms with Crippen LogP contribution in [0.15, 0.2) is 30.2 Å². The van der Waals surface area contributed by atoms with Gasteiger partial charge in [0.15, 0.2) is 5.76 Å². The van der Waals surface area contributed by atoms with Gasteiger partial charge in [-0.05, 0) is 25.5 Å². The van der Waals surface area contributed by atoms with Gasteiger partial charge in [-0.25, -0.2) is 0 Å². The Morgan fingerprint density at radius 3 is 2.50 bits per heavy atom. The molecule has 1 aromatic heterocycles. The van der Waals surface area contributed by atoms with Crippen molar-refractivity contribution in [2.75, 3.05) is 14.2 Å². The van der Waals surface area contributed by atoms with Crippen LogP contribution in [0.2, 0.25) is 0 Å². The van der Waals surface area contributed by atoms with E-state index in [2.05, 4.69) is 0 Å². The van der Waals surface area contributed by atoms with Crippen molar-refractivity contribution in [1.82, 2.24) is 4.57 Å². The molecular formula is C17H17NO4. The minimum atomic E-state index is -0.194. The van der Waals surface area contributed by atoms with E-state index in [-0.39, 0.29) is 11.5 Å². The van der Waals surface area contributed by atoms with Crippen molar-refractivity contribution in [3.63, 3.8) is 0 Å². The van der Waals surface area contributed by atoms with E-state index in [9.17, 15) is 4.79 Å². The van der Waals surface area contributed by atoms with Crippen LogP contribution in [0.5, 0.6) is 17.2 Å². The number of rotatable bonds is 3. The third-order valence-corrected chi connectivity index (χ3v) is 3.61. The number of benzene rings is 1. The van der Waals surface area contributed by atoms with Crippen LogP contribution in [0.4, 0.5) is 0 Å². The Hall–Kier alpha value is -2.69. The fourth-order valence-corrected chi connectivity index (χ4v) is 2.55. The lowest BCUT2D eigenvalue weighted by Crippen LogP contribution is -2.02. The molecule has 22 heavy (non-hydrogen) atoms. The Kier molecular flexibility index (Phi) is 3.41. The van der Waals surface area contributed by atoms with Gasteiger partial charge in [0.2, 0.25) is 5.78 Å². The molecule has 2 heterocycles. The number of aryl methyl sites for hydroxylation is 2. The van der Waals surface area contributed by atoms with Crippen LogP contribution in [0.1, 0.15) is 21.6 Å². The zero-order chi connectivity index (χ0) is 15.9. The highest BCUT2D eigenvalue weighted by molar-refractivity contribution is 6.15. The first-order valence-corrected chi connectivity index (χ1v) is 6.89. The molecule has 5 nitrogen and oxygen atoms in total. The van der Waals surface area contributed by atoms with Crippen molar-refractivity contribution in [3.8, 4) is 17.2 Å². The first-order valence-electron chi connectivity index (χ1n) is 6.89. The predicted molar refractivity (Wildman–Crippen MR) is 82.7 cm³/mol. The Labute approximate surface area is 128 Å². The van der Waals surface area contributed by atoms with Gasteiger partial charge < -0.3 is 18.8 Å². The van der Waals surface area contributed by atoms with Crippen LogP contribution in [0.3, 0.4) is 0 Å². The normalized spacial score (nSPS) is 14.9. The van der Waals surface area contributed by atoms with Gasteiger partial charge in [-0.3, -0.25) is 4.79 Å². The minimum Gasteiger partial charge on any atom is -0.496 e. The van der Waals surface area contributed by atoms with Crippen molar-refractivity contribution < 1.29 is 19.0 Å². The molecule has 0 aliphatic carbocycles. The molecule has 114 valence electrons. The van der Waals surface area contributed by atoms with Crippen molar-refractivity contribution >= 4 is 12.0 Å². The van der Waals surface area contributed by atoms with E-state index in [1.54, 1.807) is 25.4 Å². The van der Waals surface area contributed by atoms with Crippen LogP contribution in [-0.2, 0) is 0 Å². The largest absolute Gasteiger partial charge is 0.496 e. The maximum absolute atomic E-state index is 12.6. The van der Waals surface area contributed by atoms with E-state index in [0.29, 0.717) is 22.8 Å². The number of aromatic nitrogens is 1. The zero-order valence-electron chi connectivity index (χ0n) is 13.0. The van der Waals surface area contributed by atoms with Crippen LogP contribution < -0.4 is 14.2 Å². The Morgan fingerprint density at radius 1 is 1.14 bits per heavy atom. The molecule has 0 spiro atoms. The molecule has 0 bridgehead atoms. The van der Waals surface area contributed by atoms with Crippen molar-refractivity contribution in [2.24, 2.45) is 0 Å². The quantitative estimate of drug-likeness (QED) is 0.817. The summed E-state index contributed by atoms with van der Waals surface area (Å²) in [6.07, 6.45) is 3.64. The van der Waals surface area contributed by atoms with Crippen molar-refractivity contribution in [3.05, 3.63) is 47.0 Å². The van der Waals surface area contributed by atoms with Crippen LogP contribution in [0.25, 0.3) is 6.20 Å². The summed E-state index contributed by atoms with van der Waals surface area (Å²) in [4.78, 5) is 12.6. The fraction of sp³-hybridized carbons (Fsp3) is 0.235. The smallest absolute Gasteiger partial charge is 0.237 e. The first-order chi connectivity index (χ1) is 10.5. The average Bonchev–Trinajstić information content (AvgIpc) is 2.98. The van der Waals surface area contributed by atoms with Gasteiger partial charge in [0.1, 0.15) is 22.8 Å². The topological polar surface area (TPSA) is 49.7 Å². The lowest BCUT2D eigenvalue weighted by Gasteiger charge is -2.07. The predicted octanol–water partition coefficient (Wildman–Crippen LogP) is 3.20. The molecule has 0 unspecified atom stereocenters. The molecule has 5 heteroatoms. The highest BCUT2D eigenvalue weighted by atomic mass is 16.5. The molecular weight excluding hydrogens is 282 g/mol. The summed E-state index contributed by atoms with van der Waals surface area (Å²) in [5.74, 6) is 1.55. The second kappa shape index (κ2) is 5.26. The molecule has 0 atom stereocenters. The second-order valence-corrected chi connectivity index (χ2v) is 5.19. The van der Waals surface area contributed by atoms with E-state index in [1.165, 1.54) is 7.11 Å². The summed E-state index contributed by atoms with van der Waals surface area (Å²) in [6.45, 7) is 3.97. The van der Waals surface area contributed by atoms with Crippen LogP contribution in [-0.4, -0.2) is 24.6 Å². The molecule has 1 aliphatic rings. The lowest BCUT2D eigenvalue weighted by molar-refractivity contribution is 0.101. The van der Waals surface area contributed by atoms with Crippen LogP contribution in [0, 0.1) is 13.8 Å². The van der Waals surface area contributed by atoms with Gasteiger partial charge in [0.05, 0.1) is 20.4 Å². The number of hydrogen-bond acceptors (Lipinski definition) is 4. The van der Waals surface area contributed by atoms with Gasteiger partial charge in [-0.15, -0.1) is 0 Å². The van der Waals surface area contributed by atoms with E-state index >= 15 is 0 Å². The van der Waals surface area contributed by atoms with Gasteiger partial charge in [-0.1, -0.05) is 0 Å². The molecule has 0 amide bonds. The molecule has 1 aliphatic heterocycles. The molecule has 2 aromatic rings. The van der Waals surface area contributed by atoms with Gasteiger partial charge in [-0.2, -0.15) is 0 Å². The van der Waals surface area contributed by atoms with E-state index in [0.717, 1.165) is 11.3 Å². The fourth-order valence-electron chi connectivity index (χ4n) is 2.55. The molecule has 0 radical (unpaired) electrons. The molecule has 0 N–H and O–H groups in total. The Bertz CT molecular complexity index is 786. The maximum atomic E-state index is 12.6. The maximum Gasteiger partial charge on any atom is 0.237 e. The highest BCUT2D eigenvalue weighted by Gasteiger charge is 2.32. The number of fused-ring (bicyclic) bond motifs is 1. The number of allylic oxidation sites excluding steroid dienone is 1. The summed E-state index contributed by atoms with van der Waals surface area (Å²) < 4.78 is 18.1. The number of methoxy groups -OCH3 is 2. The summed E-state index contributed by atoms with van der Waals surface area (Å²) in [5.41, 5.74) is 2.58. The monoisotopic (exact) mass is 299 g/mol. The first kappa shape index (κ1) is 14.3. The van der Waals surface area contributed by atoms with E-state index in [1.807, 2.05) is 30.7 Å². The number of nitrogens with zero attached hydrogens (tertiary/aromatic N) is 1. The highest BCUT2D eigenvalue weighted by Crippen LogP contribution is 2.41. The van der Waals surface area contributed by atoms with Gasteiger partial charge >= 0.3 is 0 Å². The molecule has 1 aromatic carbocycles. The van der Waals surface area contributed by atoms with E-state index < -0.39 is 0 Å². The summed E-state index contributed by atoms with van der Waals surface area (Å²) >= 11 is 0. The van der Waals surface area contributed by atoms with Gasteiger partial charge in [0, 0.05) is 24.0 Å². The van der Waals surface area contributed by atoms with Crippen molar-refractivity contribution in [1.29, 1.82) is 0 Å². The number of ether oxygens (including phenoxy) is 3. The standard InChI is InChI=1S/C17H17NO4/c1-10-5-11(2)18(8-10)9-15-17(19)16-13(21-4)6-12(20-3)7-14(16)22-15/h5-9H,1-4H3/b15-9-. The Balaban J connectivity index is 2.06. The van der Waals surface area contributed by atoms with Gasteiger partial charge in [0.25, 0.3) is 0 Å².